The summed E-state index contributed by atoms with van der Waals surface area (Å²) in [4.78, 5) is 12.4. The van der Waals surface area contributed by atoms with E-state index in [0.717, 1.165) is 38.5 Å². The number of ether oxygens (including phenoxy) is 1. The summed E-state index contributed by atoms with van der Waals surface area (Å²) in [7, 11) is -3.68. The van der Waals surface area contributed by atoms with Gasteiger partial charge in [-0.25, -0.2) is 8.42 Å². The first-order valence-electron chi connectivity index (χ1n) is 10.2. The fourth-order valence-corrected chi connectivity index (χ4v) is 5.79. The van der Waals surface area contributed by atoms with Crippen LogP contribution in [-0.2, 0) is 14.8 Å². The normalized spacial score (nSPS) is 19.8. The Morgan fingerprint density at radius 2 is 1.71 bits per heavy atom. The Kier molecular flexibility index (Phi) is 7.60. The second kappa shape index (κ2) is 9.94. The number of carbonyl (C=O) groups is 1. The highest BCUT2D eigenvalue weighted by Gasteiger charge is 2.30. The number of nitrogens with zero attached hydrogens (tertiary/aromatic N) is 1. The standard InChI is InChI=1S/C20H29ClN2O4S/c21-16-10-11-18(19(14-16)28(25,26)23-12-6-7-13-23)27-15-20(24)22-17-8-4-2-1-3-5-9-17/h10-11,14,17H,1-9,12-13,15H2,(H,22,24). The second-order valence-electron chi connectivity index (χ2n) is 7.60. The summed E-state index contributed by atoms with van der Waals surface area (Å²) in [6, 6.07) is 4.67. The van der Waals surface area contributed by atoms with Crippen LogP contribution in [0.3, 0.4) is 0 Å². The Bertz CT molecular complexity index is 770. The number of amides is 1. The van der Waals surface area contributed by atoms with Gasteiger partial charge in [-0.15, -0.1) is 0 Å². The maximum Gasteiger partial charge on any atom is 0.258 e. The third-order valence-corrected chi connectivity index (χ3v) is 7.57. The summed E-state index contributed by atoms with van der Waals surface area (Å²) in [5.74, 6) is -0.0471. The van der Waals surface area contributed by atoms with E-state index in [2.05, 4.69) is 5.32 Å². The highest BCUT2D eigenvalue weighted by molar-refractivity contribution is 7.89. The van der Waals surface area contributed by atoms with Gasteiger partial charge in [0.2, 0.25) is 10.0 Å². The van der Waals surface area contributed by atoms with Gasteiger partial charge in [0.25, 0.3) is 5.91 Å². The molecule has 8 heteroatoms. The van der Waals surface area contributed by atoms with Crippen molar-refractivity contribution in [2.75, 3.05) is 19.7 Å². The molecule has 1 saturated heterocycles. The van der Waals surface area contributed by atoms with Crippen molar-refractivity contribution in [3.63, 3.8) is 0 Å². The molecule has 1 aliphatic heterocycles. The molecule has 1 heterocycles. The fourth-order valence-electron chi connectivity index (χ4n) is 3.88. The molecular formula is C20H29ClN2O4S. The minimum Gasteiger partial charge on any atom is -0.482 e. The third kappa shape index (κ3) is 5.61. The zero-order valence-corrected chi connectivity index (χ0v) is 17.7. The van der Waals surface area contributed by atoms with Crippen LogP contribution in [0.15, 0.2) is 23.1 Å². The predicted molar refractivity (Wildman–Crippen MR) is 109 cm³/mol. The Hall–Kier alpha value is -1.31. The SMILES string of the molecule is O=C(COc1ccc(Cl)cc1S(=O)(=O)N1CCCC1)NC1CCCCCCC1. The number of hydrogen-bond acceptors (Lipinski definition) is 4. The predicted octanol–water partition coefficient (Wildman–Crippen LogP) is 3.73. The second-order valence-corrected chi connectivity index (χ2v) is 9.94. The summed E-state index contributed by atoms with van der Waals surface area (Å²) in [5.41, 5.74) is 0. The summed E-state index contributed by atoms with van der Waals surface area (Å²) < 4.78 is 32.9. The molecule has 0 bridgehead atoms. The van der Waals surface area contributed by atoms with Crippen LogP contribution in [0.1, 0.15) is 57.8 Å². The van der Waals surface area contributed by atoms with Crippen LogP contribution in [0.2, 0.25) is 5.02 Å². The number of carbonyl (C=O) groups excluding carboxylic acids is 1. The zero-order valence-electron chi connectivity index (χ0n) is 16.2. The largest absolute Gasteiger partial charge is 0.482 e. The molecular weight excluding hydrogens is 400 g/mol. The van der Waals surface area contributed by atoms with Crippen molar-refractivity contribution < 1.29 is 17.9 Å². The molecule has 1 aromatic rings. The molecule has 1 saturated carbocycles. The molecule has 156 valence electrons. The van der Waals surface area contributed by atoms with E-state index >= 15 is 0 Å². The summed E-state index contributed by atoms with van der Waals surface area (Å²) in [5, 5.41) is 3.35. The van der Waals surface area contributed by atoms with E-state index < -0.39 is 10.0 Å². The van der Waals surface area contributed by atoms with Crippen molar-refractivity contribution >= 4 is 27.5 Å². The van der Waals surface area contributed by atoms with Crippen LogP contribution in [-0.4, -0.2) is 44.4 Å². The van der Waals surface area contributed by atoms with Crippen LogP contribution >= 0.6 is 11.6 Å². The lowest BCUT2D eigenvalue weighted by molar-refractivity contribution is -0.124. The van der Waals surface area contributed by atoms with Crippen molar-refractivity contribution in [1.82, 2.24) is 9.62 Å². The fraction of sp³-hybridized carbons (Fsp3) is 0.650. The van der Waals surface area contributed by atoms with Crippen LogP contribution in [0.25, 0.3) is 0 Å². The maximum absolute atomic E-state index is 12.9. The minimum atomic E-state index is -3.68. The molecule has 6 nitrogen and oxygen atoms in total. The molecule has 3 rings (SSSR count). The number of hydrogen-bond donors (Lipinski definition) is 1. The lowest BCUT2D eigenvalue weighted by atomic mass is 9.97. The molecule has 2 aliphatic rings. The average molecular weight is 429 g/mol. The van der Waals surface area contributed by atoms with Crippen molar-refractivity contribution in [3.05, 3.63) is 23.2 Å². The molecule has 0 radical (unpaired) electrons. The first-order valence-corrected chi connectivity index (χ1v) is 12.0. The molecule has 2 fully saturated rings. The molecule has 28 heavy (non-hydrogen) atoms. The van der Waals surface area contributed by atoms with Crippen LogP contribution in [0.4, 0.5) is 0 Å². The van der Waals surface area contributed by atoms with Gasteiger partial charge in [0.1, 0.15) is 10.6 Å². The Morgan fingerprint density at radius 3 is 2.39 bits per heavy atom. The van der Waals surface area contributed by atoms with Gasteiger partial charge in [-0.3, -0.25) is 4.79 Å². The number of sulfonamides is 1. The van der Waals surface area contributed by atoms with Gasteiger partial charge in [0, 0.05) is 24.2 Å². The average Bonchev–Trinajstić information content (AvgIpc) is 3.18. The van der Waals surface area contributed by atoms with Gasteiger partial charge in [-0.05, 0) is 43.9 Å². The zero-order chi connectivity index (χ0) is 20.0. The van der Waals surface area contributed by atoms with Gasteiger partial charge in [0.15, 0.2) is 6.61 Å². The number of nitrogens with one attached hydrogen (secondary N) is 1. The van der Waals surface area contributed by atoms with E-state index in [1.807, 2.05) is 0 Å². The highest BCUT2D eigenvalue weighted by Crippen LogP contribution is 2.31. The monoisotopic (exact) mass is 428 g/mol. The van der Waals surface area contributed by atoms with Crippen LogP contribution in [0.5, 0.6) is 5.75 Å². The van der Waals surface area contributed by atoms with Gasteiger partial charge < -0.3 is 10.1 Å². The summed E-state index contributed by atoms with van der Waals surface area (Å²) >= 11 is 6.03. The molecule has 1 amide bonds. The minimum absolute atomic E-state index is 0.0284. The quantitative estimate of drug-likeness (QED) is 0.748. The third-order valence-electron chi connectivity index (χ3n) is 5.42. The van der Waals surface area contributed by atoms with Crippen molar-refractivity contribution in [3.8, 4) is 5.75 Å². The van der Waals surface area contributed by atoms with Crippen molar-refractivity contribution in [2.45, 2.75) is 68.7 Å². The summed E-state index contributed by atoms with van der Waals surface area (Å²) in [6.07, 6.45) is 9.62. The highest BCUT2D eigenvalue weighted by atomic mass is 35.5. The van der Waals surface area contributed by atoms with Gasteiger partial charge in [0.05, 0.1) is 0 Å². The van der Waals surface area contributed by atoms with Gasteiger partial charge >= 0.3 is 0 Å². The van der Waals surface area contributed by atoms with E-state index in [9.17, 15) is 13.2 Å². The molecule has 1 aromatic carbocycles. The van der Waals surface area contributed by atoms with Crippen molar-refractivity contribution in [1.29, 1.82) is 0 Å². The first kappa shape index (κ1) is 21.4. The van der Waals surface area contributed by atoms with Crippen LogP contribution in [0, 0.1) is 0 Å². The first-order chi connectivity index (χ1) is 13.5. The smallest absolute Gasteiger partial charge is 0.258 e. The number of benzene rings is 1. The number of halogens is 1. The molecule has 0 unspecified atom stereocenters. The Balaban J connectivity index is 1.64. The Labute approximate surface area is 172 Å². The van der Waals surface area contributed by atoms with Crippen LogP contribution < -0.4 is 10.1 Å². The molecule has 1 aliphatic carbocycles. The summed E-state index contributed by atoms with van der Waals surface area (Å²) in [6.45, 7) is 0.785. The Morgan fingerprint density at radius 1 is 1.07 bits per heavy atom. The maximum atomic E-state index is 12.9. The van der Waals surface area contributed by atoms with E-state index in [1.54, 1.807) is 6.07 Å². The van der Waals surface area contributed by atoms with Gasteiger partial charge in [-0.2, -0.15) is 4.31 Å². The van der Waals surface area contributed by atoms with Crippen molar-refractivity contribution in [2.24, 2.45) is 0 Å². The van der Waals surface area contributed by atoms with Gasteiger partial charge in [-0.1, -0.05) is 43.7 Å². The van der Waals surface area contributed by atoms with E-state index in [0.29, 0.717) is 18.1 Å². The van der Waals surface area contributed by atoms with E-state index in [1.165, 1.54) is 35.7 Å². The number of rotatable bonds is 6. The molecule has 0 aromatic heterocycles. The molecule has 1 N–H and O–H groups in total. The molecule has 0 atom stereocenters. The molecule has 0 spiro atoms. The topological polar surface area (TPSA) is 75.7 Å². The van der Waals surface area contributed by atoms with E-state index in [-0.39, 0.29) is 29.2 Å². The van der Waals surface area contributed by atoms with E-state index in [4.69, 9.17) is 16.3 Å². The lowest BCUT2D eigenvalue weighted by Crippen LogP contribution is -2.38. The lowest BCUT2D eigenvalue weighted by Gasteiger charge is -2.21.